The van der Waals surface area contributed by atoms with Gasteiger partial charge in [-0.3, -0.25) is 4.79 Å². The first kappa shape index (κ1) is 20.3. The second-order valence-electron chi connectivity index (χ2n) is 6.75. The molecule has 156 valence electrons. The summed E-state index contributed by atoms with van der Waals surface area (Å²) < 4.78 is 23.6. The van der Waals surface area contributed by atoms with Crippen molar-refractivity contribution in [3.05, 3.63) is 84.1 Å². The minimum atomic E-state index is -3.91. The predicted octanol–water partition coefficient (Wildman–Crippen LogP) is 2.95. The minimum Gasteiger partial charge on any atom is -0.507 e. The van der Waals surface area contributed by atoms with Gasteiger partial charge >= 0.3 is 0 Å². The Morgan fingerprint density at radius 1 is 1.03 bits per heavy atom. The average Bonchev–Trinajstić information content (AvgIpc) is 3.14. The predicted molar refractivity (Wildman–Crippen MR) is 118 cm³/mol. The summed E-state index contributed by atoms with van der Waals surface area (Å²) in [6, 6.07) is 20.0. The highest BCUT2D eigenvalue weighted by atomic mass is 32.2. The van der Waals surface area contributed by atoms with Gasteiger partial charge in [-0.25, -0.2) is 19.0 Å². The van der Waals surface area contributed by atoms with E-state index in [-0.39, 0.29) is 16.3 Å². The number of fused-ring (bicyclic) bond motifs is 1. The van der Waals surface area contributed by atoms with Crippen LogP contribution < -0.4 is 10.6 Å². The number of hydrazone groups is 1. The fourth-order valence-electron chi connectivity index (χ4n) is 3.24. The van der Waals surface area contributed by atoms with Crippen molar-refractivity contribution < 1.29 is 18.3 Å². The van der Waals surface area contributed by atoms with E-state index < -0.39 is 15.9 Å². The Hall–Kier alpha value is -3.95. The van der Waals surface area contributed by atoms with E-state index in [9.17, 15) is 18.3 Å². The molecule has 0 spiro atoms. The van der Waals surface area contributed by atoms with Crippen molar-refractivity contribution in [3.63, 3.8) is 0 Å². The number of aromatic hydroxyl groups is 1. The molecule has 0 saturated carbocycles. The lowest BCUT2D eigenvalue weighted by molar-refractivity contribution is 0.0951. The molecule has 0 atom stereocenters. The van der Waals surface area contributed by atoms with Crippen molar-refractivity contribution in [3.8, 4) is 16.9 Å². The van der Waals surface area contributed by atoms with Crippen LogP contribution in [0.1, 0.15) is 16.1 Å². The van der Waals surface area contributed by atoms with E-state index in [4.69, 9.17) is 5.14 Å². The zero-order chi connectivity index (χ0) is 22.0. The third-order valence-corrected chi connectivity index (χ3v) is 5.61. The molecule has 0 fully saturated rings. The molecule has 0 aliphatic rings. The van der Waals surface area contributed by atoms with Gasteiger partial charge in [0.2, 0.25) is 10.0 Å². The molecule has 0 aliphatic carbocycles. The number of nitrogens with zero attached hydrogens (tertiary/aromatic N) is 1. The maximum atomic E-state index is 12.9. The Kier molecular flexibility index (Phi) is 5.28. The van der Waals surface area contributed by atoms with Crippen LogP contribution in [0.2, 0.25) is 0 Å². The number of hydrogen-bond acceptors (Lipinski definition) is 5. The number of amides is 1. The summed E-state index contributed by atoms with van der Waals surface area (Å²) in [6.07, 6.45) is 1.33. The lowest BCUT2D eigenvalue weighted by Crippen LogP contribution is -2.18. The van der Waals surface area contributed by atoms with Gasteiger partial charge in [0, 0.05) is 22.0 Å². The largest absolute Gasteiger partial charge is 0.507 e. The Bertz CT molecular complexity index is 1410. The van der Waals surface area contributed by atoms with E-state index in [0.717, 1.165) is 5.56 Å². The first-order chi connectivity index (χ1) is 14.8. The molecule has 0 unspecified atom stereocenters. The zero-order valence-corrected chi connectivity index (χ0v) is 16.9. The highest BCUT2D eigenvalue weighted by Crippen LogP contribution is 2.33. The number of para-hydroxylation sites is 1. The number of carbonyl (C=O) groups excluding carboxylic acids is 1. The average molecular weight is 434 g/mol. The number of hydrogen-bond donors (Lipinski definition) is 4. The molecular weight excluding hydrogens is 416 g/mol. The highest BCUT2D eigenvalue weighted by molar-refractivity contribution is 7.89. The van der Waals surface area contributed by atoms with Crippen molar-refractivity contribution >= 4 is 33.0 Å². The topological polar surface area (TPSA) is 138 Å². The van der Waals surface area contributed by atoms with Crippen molar-refractivity contribution in [1.29, 1.82) is 0 Å². The van der Waals surface area contributed by atoms with Gasteiger partial charge in [-0.15, -0.1) is 0 Å². The fourth-order valence-corrected chi connectivity index (χ4v) is 3.78. The minimum absolute atomic E-state index is 0.0339. The van der Waals surface area contributed by atoms with Crippen molar-refractivity contribution in [2.75, 3.05) is 0 Å². The first-order valence-corrected chi connectivity index (χ1v) is 10.7. The molecule has 9 heteroatoms. The Morgan fingerprint density at radius 3 is 2.45 bits per heavy atom. The number of nitrogens with one attached hydrogen (secondary N) is 2. The third kappa shape index (κ3) is 4.18. The van der Waals surface area contributed by atoms with Crippen molar-refractivity contribution in [2.45, 2.75) is 4.90 Å². The summed E-state index contributed by atoms with van der Waals surface area (Å²) >= 11 is 0. The summed E-state index contributed by atoms with van der Waals surface area (Å²) in [5.41, 5.74) is 4.90. The Morgan fingerprint density at radius 2 is 1.74 bits per heavy atom. The molecule has 4 aromatic rings. The number of aromatic nitrogens is 1. The van der Waals surface area contributed by atoms with Crippen LogP contribution in [0.25, 0.3) is 22.0 Å². The second kappa shape index (κ2) is 8.05. The summed E-state index contributed by atoms with van der Waals surface area (Å²) in [5.74, 6) is -0.495. The van der Waals surface area contributed by atoms with Gasteiger partial charge in [0.25, 0.3) is 5.91 Å². The molecule has 31 heavy (non-hydrogen) atoms. The van der Waals surface area contributed by atoms with E-state index in [0.29, 0.717) is 22.0 Å². The van der Waals surface area contributed by atoms with E-state index in [1.54, 1.807) is 24.3 Å². The molecule has 8 nitrogen and oxygen atoms in total. The molecule has 1 amide bonds. The zero-order valence-electron chi connectivity index (χ0n) is 16.1. The Labute approximate surface area is 178 Å². The van der Waals surface area contributed by atoms with Crippen LogP contribution in [0.15, 0.2) is 82.8 Å². The number of H-pyrrole nitrogens is 1. The molecule has 1 aromatic heterocycles. The van der Waals surface area contributed by atoms with Crippen molar-refractivity contribution in [1.82, 2.24) is 10.4 Å². The van der Waals surface area contributed by atoms with Gasteiger partial charge in [0.05, 0.1) is 11.1 Å². The van der Waals surface area contributed by atoms with Crippen LogP contribution in [0, 0.1) is 0 Å². The monoisotopic (exact) mass is 434 g/mol. The van der Waals surface area contributed by atoms with E-state index in [2.05, 4.69) is 15.5 Å². The molecular formula is C22H18N4O4S. The number of nitrogens with two attached hydrogens (primary N) is 1. The number of benzene rings is 3. The normalized spacial score (nSPS) is 11.8. The van der Waals surface area contributed by atoms with Crippen LogP contribution >= 0.6 is 0 Å². The first-order valence-electron chi connectivity index (χ1n) is 9.20. The van der Waals surface area contributed by atoms with Gasteiger partial charge < -0.3 is 10.1 Å². The summed E-state index contributed by atoms with van der Waals surface area (Å²) in [4.78, 5) is 15.9. The molecule has 0 bridgehead atoms. The maximum Gasteiger partial charge on any atom is 0.288 e. The molecule has 0 saturated heterocycles. The van der Waals surface area contributed by atoms with E-state index in [1.165, 1.54) is 24.4 Å². The van der Waals surface area contributed by atoms with Crippen molar-refractivity contribution in [2.24, 2.45) is 10.2 Å². The second-order valence-corrected chi connectivity index (χ2v) is 8.31. The summed E-state index contributed by atoms with van der Waals surface area (Å²) in [6.45, 7) is 0. The lowest BCUT2D eigenvalue weighted by Gasteiger charge is -2.05. The number of primary sulfonamides is 1. The maximum absolute atomic E-state index is 12.9. The molecule has 5 N–H and O–H groups in total. The van der Waals surface area contributed by atoms with Gasteiger partial charge in [0.15, 0.2) is 0 Å². The van der Waals surface area contributed by atoms with Crippen LogP contribution in [0.5, 0.6) is 5.75 Å². The van der Waals surface area contributed by atoms with Crippen LogP contribution in [0.3, 0.4) is 0 Å². The van der Waals surface area contributed by atoms with E-state index >= 15 is 0 Å². The van der Waals surface area contributed by atoms with Crippen LogP contribution in [-0.4, -0.2) is 30.6 Å². The number of phenols is 1. The van der Waals surface area contributed by atoms with E-state index in [1.807, 2.05) is 30.3 Å². The summed E-state index contributed by atoms with van der Waals surface area (Å²) in [5, 5.41) is 19.5. The Balaban J connectivity index is 1.78. The highest BCUT2D eigenvalue weighted by Gasteiger charge is 2.20. The lowest BCUT2D eigenvalue weighted by atomic mass is 10.0. The van der Waals surface area contributed by atoms with Gasteiger partial charge in [-0.2, -0.15) is 5.10 Å². The standard InChI is InChI=1S/C22H18N4O4S/c23-31(29,30)16-10-11-18-17(12-16)20(14-6-2-1-3-7-14)21(25-18)22(28)26-24-13-15-8-4-5-9-19(15)27/h1-13,25,27H,(H,26,28)(H2,23,29,30)/b24-13+. The number of aromatic amines is 1. The molecule has 4 rings (SSSR count). The third-order valence-electron chi connectivity index (χ3n) is 4.69. The quantitative estimate of drug-likeness (QED) is 0.283. The van der Waals surface area contributed by atoms with Gasteiger partial charge in [0.1, 0.15) is 11.4 Å². The molecule has 0 aliphatic heterocycles. The number of sulfonamides is 1. The smallest absolute Gasteiger partial charge is 0.288 e. The van der Waals surface area contributed by atoms with Gasteiger partial charge in [-0.1, -0.05) is 42.5 Å². The number of phenolic OH excluding ortho intramolecular Hbond substituents is 1. The number of carbonyl (C=O) groups is 1. The summed E-state index contributed by atoms with van der Waals surface area (Å²) in [7, 11) is -3.91. The van der Waals surface area contributed by atoms with Crippen LogP contribution in [-0.2, 0) is 10.0 Å². The van der Waals surface area contributed by atoms with Gasteiger partial charge in [-0.05, 0) is 35.9 Å². The molecule has 0 radical (unpaired) electrons. The molecule has 1 heterocycles. The molecule has 3 aromatic carbocycles. The fraction of sp³-hybridized carbons (Fsp3) is 0. The number of rotatable bonds is 5. The SMILES string of the molecule is NS(=O)(=O)c1ccc2[nH]c(C(=O)N/N=C/c3ccccc3O)c(-c3ccccc3)c2c1. The van der Waals surface area contributed by atoms with Crippen LogP contribution in [0.4, 0.5) is 0 Å².